The van der Waals surface area contributed by atoms with Crippen LogP contribution in [0.1, 0.15) is 69.2 Å². The lowest BCUT2D eigenvalue weighted by atomic mass is 10.1. The Morgan fingerprint density at radius 3 is 2.49 bits per heavy atom. The molecule has 0 spiro atoms. The van der Waals surface area contributed by atoms with Crippen molar-refractivity contribution in [3.63, 3.8) is 0 Å². The number of amides is 2. The summed E-state index contributed by atoms with van der Waals surface area (Å²) in [4.78, 5) is 42.5. The third-order valence-corrected chi connectivity index (χ3v) is 7.29. The van der Waals surface area contributed by atoms with Crippen molar-refractivity contribution in [1.82, 2.24) is 24.9 Å². The summed E-state index contributed by atoms with van der Waals surface area (Å²) in [6.45, 7) is 9.73. The van der Waals surface area contributed by atoms with Gasteiger partial charge in [-0.3, -0.25) is 14.3 Å². The minimum atomic E-state index is -0.425. The number of carbonyl (C=O) groups is 3. The van der Waals surface area contributed by atoms with Crippen molar-refractivity contribution in [3.05, 3.63) is 52.3 Å². The van der Waals surface area contributed by atoms with Crippen LogP contribution in [0.5, 0.6) is 0 Å². The van der Waals surface area contributed by atoms with Crippen LogP contribution in [0, 0.1) is 5.92 Å². The molecule has 0 aliphatic carbocycles. The largest absolute Gasteiger partial charge is 0.462 e. The average Bonchev–Trinajstić information content (AvgIpc) is 3.28. The van der Waals surface area contributed by atoms with E-state index in [9.17, 15) is 14.4 Å². The Kier molecular flexibility index (Phi) is 10.1. The first-order valence-electron chi connectivity index (χ1n) is 14.1. The summed E-state index contributed by atoms with van der Waals surface area (Å²) in [6.07, 6.45) is 2.96. The van der Waals surface area contributed by atoms with Gasteiger partial charge in [-0.1, -0.05) is 13.8 Å². The van der Waals surface area contributed by atoms with Gasteiger partial charge >= 0.3 is 5.97 Å². The van der Waals surface area contributed by atoms with E-state index in [1.165, 1.54) is 0 Å². The molecule has 2 aliphatic rings. The van der Waals surface area contributed by atoms with Crippen molar-refractivity contribution < 1.29 is 23.9 Å². The molecule has 1 saturated heterocycles. The number of carbonyl (C=O) groups excluding carboxylic acids is 3. The predicted octanol–water partition coefficient (Wildman–Crippen LogP) is 2.41. The Labute approximate surface area is 230 Å². The van der Waals surface area contributed by atoms with Crippen LogP contribution in [0.3, 0.4) is 0 Å². The topological polar surface area (TPSA) is 106 Å². The summed E-state index contributed by atoms with van der Waals surface area (Å²) in [5.74, 6) is -0.535. The highest BCUT2D eigenvalue weighted by Crippen LogP contribution is 2.20. The fraction of sp³-hybridized carbons (Fsp3) is 0.586. The van der Waals surface area contributed by atoms with Crippen LogP contribution in [0.4, 0.5) is 0 Å². The number of esters is 1. The molecule has 212 valence electrons. The highest BCUT2D eigenvalue weighted by atomic mass is 16.5. The Bertz CT molecular complexity index is 1140. The van der Waals surface area contributed by atoms with Gasteiger partial charge in [-0.15, -0.1) is 0 Å². The number of aryl methyl sites for hydroxylation is 1. The van der Waals surface area contributed by atoms with Gasteiger partial charge in [-0.25, -0.2) is 4.79 Å². The number of rotatable bonds is 7. The van der Waals surface area contributed by atoms with E-state index < -0.39 is 5.97 Å². The quantitative estimate of drug-likeness (QED) is 0.539. The summed E-state index contributed by atoms with van der Waals surface area (Å²) in [5.41, 5.74) is 3.36. The molecular weight excluding hydrogens is 498 g/mol. The van der Waals surface area contributed by atoms with Crippen molar-refractivity contribution in [2.24, 2.45) is 5.92 Å². The highest BCUT2D eigenvalue weighted by molar-refractivity contribution is 5.97. The van der Waals surface area contributed by atoms with E-state index in [4.69, 9.17) is 14.6 Å². The maximum atomic E-state index is 13.0. The van der Waals surface area contributed by atoms with Crippen molar-refractivity contribution >= 4 is 17.8 Å². The molecule has 1 N–H and O–H groups in total. The zero-order chi connectivity index (χ0) is 27.8. The maximum Gasteiger partial charge on any atom is 0.338 e. The van der Waals surface area contributed by atoms with E-state index in [1.807, 2.05) is 30.5 Å². The molecule has 0 bridgehead atoms. The molecule has 0 unspecified atom stereocenters. The first-order chi connectivity index (χ1) is 18.9. The van der Waals surface area contributed by atoms with E-state index in [-0.39, 0.29) is 24.3 Å². The fourth-order valence-electron chi connectivity index (χ4n) is 4.96. The zero-order valence-electron chi connectivity index (χ0n) is 23.4. The third-order valence-electron chi connectivity index (χ3n) is 7.29. The van der Waals surface area contributed by atoms with Crippen LogP contribution in [0.25, 0.3) is 0 Å². The Morgan fingerprint density at radius 2 is 1.77 bits per heavy atom. The number of aromatic nitrogens is 2. The number of benzene rings is 1. The second-order valence-corrected chi connectivity index (χ2v) is 10.5. The Balaban J connectivity index is 1.35. The van der Waals surface area contributed by atoms with E-state index in [0.717, 1.165) is 37.3 Å². The van der Waals surface area contributed by atoms with E-state index >= 15 is 0 Å². The van der Waals surface area contributed by atoms with Crippen LogP contribution in [-0.4, -0.2) is 97.0 Å². The maximum absolute atomic E-state index is 13.0. The average molecular weight is 540 g/mol. The second-order valence-electron chi connectivity index (χ2n) is 10.5. The van der Waals surface area contributed by atoms with E-state index in [1.54, 1.807) is 24.3 Å². The van der Waals surface area contributed by atoms with Crippen molar-refractivity contribution in [1.29, 1.82) is 0 Å². The molecule has 10 heteroatoms. The van der Waals surface area contributed by atoms with Crippen LogP contribution >= 0.6 is 0 Å². The SMILES string of the molecule is CCc1nn(C[C@@H](C)COC(=O)c2ccc(C(=O)N3CCN(C)CC3)cc2)c2c1C(=O)NCCCOCCC2. The van der Waals surface area contributed by atoms with Crippen molar-refractivity contribution in [3.8, 4) is 0 Å². The summed E-state index contributed by atoms with van der Waals surface area (Å²) < 4.78 is 13.2. The third kappa shape index (κ3) is 7.45. The number of hydrogen-bond donors (Lipinski definition) is 1. The molecular formula is C29H41N5O5. The molecule has 2 amide bonds. The fourth-order valence-corrected chi connectivity index (χ4v) is 4.96. The summed E-state index contributed by atoms with van der Waals surface area (Å²) in [7, 11) is 2.05. The van der Waals surface area contributed by atoms with Gasteiger partial charge in [0.15, 0.2) is 0 Å². The van der Waals surface area contributed by atoms with E-state index in [2.05, 4.69) is 10.2 Å². The summed E-state index contributed by atoms with van der Waals surface area (Å²) >= 11 is 0. The van der Waals surface area contributed by atoms with Gasteiger partial charge in [-0.05, 0) is 57.0 Å². The Hall–Kier alpha value is -3.24. The highest BCUT2D eigenvalue weighted by Gasteiger charge is 2.24. The van der Waals surface area contributed by atoms with Gasteiger partial charge in [-0.2, -0.15) is 5.10 Å². The smallest absolute Gasteiger partial charge is 0.338 e. The molecule has 0 radical (unpaired) electrons. The van der Waals surface area contributed by atoms with Gasteiger partial charge in [0.05, 0.1) is 29.1 Å². The molecule has 1 atom stereocenters. The second kappa shape index (κ2) is 13.7. The number of fused-ring (bicyclic) bond motifs is 1. The number of hydrogen-bond acceptors (Lipinski definition) is 7. The van der Waals surface area contributed by atoms with Crippen molar-refractivity contribution in [2.75, 3.05) is 59.6 Å². The van der Waals surface area contributed by atoms with Crippen LogP contribution < -0.4 is 5.32 Å². The van der Waals surface area contributed by atoms with Crippen molar-refractivity contribution in [2.45, 2.75) is 46.1 Å². The monoisotopic (exact) mass is 539 g/mol. The molecule has 1 fully saturated rings. The standard InChI is InChI=1S/C29H41N5O5/c1-4-24-26-25(7-5-17-38-18-6-12-30-27(26)35)34(31-24)19-21(2)20-39-29(37)23-10-8-22(9-11-23)28(36)33-15-13-32(3)14-16-33/h8-11,21H,4-7,12-20H2,1-3H3,(H,30,35)/t21-/m1/s1. The molecule has 0 saturated carbocycles. The number of nitrogens with zero attached hydrogens (tertiary/aromatic N) is 4. The summed E-state index contributed by atoms with van der Waals surface area (Å²) in [6, 6.07) is 6.68. The number of ether oxygens (including phenoxy) is 2. The van der Waals surface area contributed by atoms with Gasteiger partial charge in [0, 0.05) is 64.0 Å². The van der Waals surface area contributed by atoms with Crippen LogP contribution in [0.2, 0.25) is 0 Å². The first kappa shape index (κ1) is 28.8. The lowest BCUT2D eigenvalue weighted by Gasteiger charge is -2.32. The van der Waals surface area contributed by atoms with Gasteiger partial charge < -0.3 is 24.6 Å². The number of nitrogens with one attached hydrogen (secondary N) is 1. The molecule has 10 nitrogen and oxygen atoms in total. The molecule has 4 rings (SSSR count). The number of piperazine rings is 1. The molecule has 1 aromatic heterocycles. The van der Waals surface area contributed by atoms with E-state index in [0.29, 0.717) is 68.9 Å². The lowest BCUT2D eigenvalue weighted by molar-refractivity contribution is 0.0435. The van der Waals surface area contributed by atoms with Gasteiger partial charge in [0.2, 0.25) is 0 Å². The minimum Gasteiger partial charge on any atom is -0.462 e. The molecule has 2 aromatic rings. The minimum absolute atomic E-state index is 0.0145. The molecule has 39 heavy (non-hydrogen) atoms. The predicted molar refractivity (Wildman–Crippen MR) is 147 cm³/mol. The zero-order valence-corrected chi connectivity index (χ0v) is 23.4. The molecule has 3 heterocycles. The normalized spacial score (nSPS) is 18.0. The number of likely N-dealkylation sites (N-methyl/N-ethyl adjacent to an activating group) is 1. The van der Waals surface area contributed by atoms with Crippen LogP contribution in [0.15, 0.2) is 24.3 Å². The van der Waals surface area contributed by atoms with Gasteiger partial charge in [0.25, 0.3) is 11.8 Å². The van der Waals surface area contributed by atoms with Gasteiger partial charge in [0.1, 0.15) is 0 Å². The molecule has 2 aliphatic heterocycles. The lowest BCUT2D eigenvalue weighted by Crippen LogP contribution is -2.47. The summed E-state index contributed by atoms with van der Waals surface area (Å²) in [5, 5.41) is 7.76. The molecule has 1 aromatic carbocycles. The van der Waals surface area contributed by atoms with Crippen LogP contribution in [-0.2, 0) is 28.9 Å². The Morgan fingerprint density at radius 1 is 1.08 bits per heavy atom. The first-order valence-corrected chi connectivity index (χ1v) is 14.1.